The van der Waals surface area contributed by atoms with E-state index in [4.69, 9.17) is 10.9 Å². The minimum absolute atomic E-state index is 0.0752. The predicted octanol–water partition coefficient (Wildman–Crippen LogP) is 3.03. The van der Waals surface area contributed by atoms with Crippen LogP contribution in [-0.2, 0) is 6.18 Å². The summed E-state index contributed by atoms with van der Waals surface area (Å²) < 4.78 is 37.2. The van der Waals surface area contributed by atoms with Gasteiger partial charge in [-0.15, -0.1) is 0 Å². The molecular weight excluding hydrogens is 259 g/mol. The molecule has 0 bridgehead atoms. The Morgan fingerprint density at radius 3 is 2.37 bits per heavy atom. The third-order valence-corrected chi connectivity index (χ3v) is 2.66. The molecule has 0 fully saturated rings. The standard InChI is InChI=1S/C12H16F3N3O/c1-2-9(7-11(16)18-19)17-10-5-3-8(4-6-10)12(13,14)15/h3-6,9,17,19H,2,7H2,1H3,(H2,16,18). The Balaban J connectivity index is 2.71. The first-order chi connectivity index (χ1) is 8.86. The quantitative estimate of drug-likeness (QED) is 0.335. The lowest BCUT2D eigenvalue weighted by atomic mass is 10.1. The van der Waals surface area contributed by atoms with Gasteiger partial charge in [0.15, 0.2) is 0 Å². The summed E-state index contributed by atoms with van der Waals surface area (Å²) >= 11 is 0. The number of nitrogens with zero attached hydrogens (tertiary/aromatic N) is 1. The van der Waals surface area contributed by atoms with Gasteiger partial charge in [-0.25, -0.2) is 0 Å². The van der Waals surface area contributed by atoms with Crippen LogP contribution < -0.4 is 11.1 Å². The van der Waals surface area contributed by atoms with Crippen molar-refractivity contribution >= 4 is 11.5 Å². The van der Waals surface area contributed by atoms with E-state index in [0.29, 0.717) is 18.5 Å². The third-order valence-electron chi connectivity index (χ3n) is 2.66. The number of hydrogen-bond acceptors (Lipinski definition) is 3. The molecule has 0 aliphatic carbocycles. The Morgan fingerprint density at radius 2 is 1.95 bits per heavy atom. The molecule has 1 unspecified atom stereocenters. The van der Waals surface area contributed by atoms with Crippen molar-refractivity contribution in [2.45, 2.75) is 32.0 Å². The molecule has 19 heavy (non-hydrogen) atoms. The van der Waals surface area contributed by atoms with Gasteiger partial charge < -0.3 is 16.3 Å². The number of benzene rings is 1. The molecule has 7 heteroatoms. The zero-order valence-corrected chi connectivity index (χ0v) is 10.4. The van der Waals surface area contributed by atoms with Crippen LogP contribution in [0.2, 0.25) is 0 Å². The second-order valence-corrected chi connectivity index (χ2v) is 4.12. The molecule has 106 valence electrons. The van der Waals surface area contributed by atoms with Gasteiger partial charge in [-0.3, -0.25) is 0 Å². The van der Waals surface area contributed by atoms with E-state index in [0.717, 1.165) is 12.1 Å². The van der Waals surface area contributed by atoms with Crippen molar-refractivity contribution in [1.29, 1.82) is 0 Å². The lowest BCUT2D eigenvalue weighted by Crippen LogP contribution is -2.26. The molecular formula is C12H16F3N3O. The summed E-state index contributed by atoms with van der Waals surface area (Å²) in [6.07, 6.45) is -3.33. The van der Waals surface area contributed by atoms with Crippen molar-refractivity contribution in [1.82, 2.24) is 0 Å². The molecule has 4 N–H and O–H groups in total. The van der Waals surface area contributed by atoms with Crippen molar-refractivity contribution in [2.24, 2.45) is 10.9 Å². The summed E-state index contributed by atoms with van der Waals surface area (Å²) in [5.74, 6) is 0.0752. The zero-order chi connectivity index (χ0) is 14.5. The topological polar surface area (TPSA) is 70.6 Å². The summed E-state index contributed by atoms with van der Waals surface area (Å²) in [4.78, 5) is 0. The summed E-state index contributed by atoms with van der Waals surface area (Å²) in [5.41, 5.74) is 5.26. The Hall–Kier alpha value is -1.92. The minimum atomic E-state index is -4.34. The predicted molar refractivity (Wildman–Crippen MR) is 67.2 cm³/mol. The van der Waals surface area contributed by atoms with E-state index in [1.807, 2.05) is 6.92 Å². The first kappa shape index (κ1) is 15.1. The highest BCUT2D eigenvalue weighted by Gasteiger charge is 2.29. The second kappa shape index (κ2) is 6.31. The average molecular weight is 275 g/mol. The normalized spacial score (nSPS) is 14.2. The van der Waals surface area contributed by atoms with Crippen LogP contribution in [0.5, 0.6) is 0 Å². The molecule has 0 spiro atoms. The van der Waals surface area contributed by atoms with E-state index in [1.54, 1.807) is 0 Å². The lowest BCUT2D eigenvalue weighted by Gasteiger charge is -2.18. The van der Waals surface area contributed by atoms with Gasteiger partial charge in [0, 0.05) is 18.2 Å². The SMILES string of the molecule is CCC(CC(N)=NO)Nc1ccc(C(F)(F)F)cc1. The van der Waals surface area contributed by atoms with Gasteiger partial charge in [0.1, 0.15) is 5.84 Å². The van der Waals surface area contributed by atoms with Crippen LogP contribution in [0.3, 0.4) is 0 Å². The van der Waals surface area contributed by atoms with Crippen molar-refractivity contribution in [3.05, 3.63) is 29.8 Å². The summed E-state index contributed by atoms with van der Waals surface area (Å²) in [6, 6.07) is 4.64. The number of nitrogens with one attached hydrogen (secondary N) is 1. The summed E-state index contributed by atoms with van der Waals surface area (Å²) in [7, 11) is 0. The maximum absolute atomic E-state index is 12.4. The summed E-state index contributed by atoms with van der Waals surface area (Å²) in [5, 5.41) is 14.4. The molecule has 0 saturated heterocycles. The van der Waals surface area contributed by atoms with Crippen molar-refractivity contribution in [3.8, 4) is 0 Å². The Labute approximate surface area is 109 Å². The van der Waals surface area contributed by atoms with E-state index in [1.165, 1.54) is 12.1 Å². The highest BCUT2D eigenvalue weighted by Crippen LogP contribution is 2.30. The van der Waals surface area contributed by atoms with Gasteiger partial charge in [-0.1, -0.05) is 12.1 Å². The fraction of sp³-hybridized carbons (Fsp3) is 0.417. The number of oxime groups is 1. The number of hydrogen-bond donors (Lipinski definition) is 3. The van der Waals surface area contributed by atoms with Crippen molar-refractivity contribution in [2.75, 3.05) is 5.32 Å². The maximum Gasteiger partial charge on any atom is 0.416 e. The summed E-state index contributed by atoms with van der Waals surface area (Å²) in [6.45, 7) is 1.90. The van der Waals surface area contributed by atoms with Gasteiger partial charge in [0.25, 0.3) is 0 Å². The first-order valence-electron chi connectivity index (χ1n) is 5.77. The zero-order valence-electron chi connectivity index (χ0n) is 10.4. The van der Waals surface area contributed by atoms with Crippen LogP contribution in [0.4, 0.5) is 18.9 Å². The van der Waals surface area contributed by atoms with Crippen LogP contribution in [0.1, 0.15) is 25.3 Å². The molecule has 0 heterocycles. The third kappa shape index (κ3) is 4.69. The number of anilines is 1. The average Bonchev–Trinajstić information content (AvgIpc) is 2.37. The molecule has 1 aromatic carbocycles. The lowest BCUT2D eigenvalue weighted by molar-refractivity contribution is -0.137. The number of halogens is 3. The Bertz CT molecular complexity index is 429. The molecule has 0 amide bonds. The molecule has 0 radical (unpaired) electrons. The largest absolute Gasteiger partial charge is 0.416 e. The molecule has 4 nitrogen and oxygen atoms in total. The molecule has 0 saturated carbocycles. The monoisotopic (exact) mass is 275 g/mol. The molecule has 0 aromatic heterocycles. The van der Waals surface area contributed by atoms with Gasteiger partial charge >= 0.3 is 6.18 Å². The highest BCUT2D eigenvalue weighted by molar-refractivity contribution is 5.80. The Morgan fingerprint density at radius 1 is 1.37 bits per heavy atom. The van der Waals surface area contributed by atoms with E-state index < -0.39 is 11.7 Å². The smallest absolute Gasteiger partial charge is 0.409 e. The number of alkyl halides is 3. The molecule has 1 atom stereocenters. The van der Waals surface area contributed by atoms with Gasteiger partial charge in [-0.2, -0.15) is 13.2 Å². The molecule has 0 aliphatic rings. The fourth-order valence-electron chi connectivity index (χ4n) is 1.58. The van der Waals surface area contributed by atoms with Crippen LogP contribution >= 0.6 is 0 Å². The maximum atomic E-state index is 12.4. The van der Waals surface area contributed by atoms with Gasteiger partial charge in [0.2, 0.25) is 0 Å². The minimum Gasteiger partial charge on any atom is -0.409 e. The fourth-order valence-corrected chi connectivity index (χ4v) is 1.58. The van der Waals surface area contributed by atoms with E-state index in [9.17, 15) is 13.2 Å². The molecule has 0 aliphatic heterocycles. The van der Waals surface area contributed by atoms with Crippen LogP contribution in [0.15, 0.2) is 29.4 Å². The van der Waals surface area contributed by atoms with E-state index >= 15 is 0 Å². The van der Waals surface area contributed by atoms with Crippen LogP contribution in [-0.4, -0.2) is 17.1 Å². The Kier molecular flexibility index (Phi) is 5.02. The first-order valence-corrected chi connectivity index (χ1v) is 5.77. The second-order valence-electron chi connectivity index (χ2n) is 4.12. The van der Waals surface area contributed by atoms with E-state index in [-0.39, 0.29) is 11.9 Å². The van der Waals surface area contributed by atoms with Crippen LogP contribution in [0.25, 0.3) is 0 Å². The highest BCUT2D eigenvalue weighted by atomic mass is 19.4. The number of nitrogens with two attached hydrogens (primary N) is 1. The van der Waals surface area contributed by atoms with Crippen LogP contribution in [0, 0.1) is 0 Å². The van der Waals surface area contributed by atoms with Crippen molar-refractivity contribution in [3.63, 3.8) is 0 Å². The van der Waals surface area contributed by atoms with Gasteiger partial charge in [0.05, 0.1) is 5.56 Å². The number of amidine groups is 1. The molecule has 1 aromatic rings. The van der Waals surface area contributed by atoms with Crippen molar-refractivity contribution < 1.29 is 18.4 Å². The van der Waals surface area contributed by atoms with Gasteiger partial charge in [-0.05, 0) is 30.7 Å². The van der Waals surface area contributed by atoms with E-state index in [2.05, 4.69) is 10.5 Å². The number of rotatable bonds is 5. The molecule has 1 rings (SSSR count).